The number of nitrogens with zero attached hydrogens (tertiary/aromatic N) is 1. The summed E-state index contributed by atoms with van der Waals surface area (Å²) < 4.78 is 0. The Balaban J connectivity index is 0.000000921. The molecule has 0 aromatic carbocycles. The van der Waals surface area contributed by atoms with Crippen LogP contribution in [0, 0.1) is 5.41 Å². The van der Waals surface area contributed by atoms with Gasteiger partial charge in [-0.1, -0.05) is 48.5 Å². The van der Waals surface area contributed by atoms with Crippen LogP contribution in [0.15, 0.2) is 12.5 Å². The maximum atomic E-state index is 4.06. The summed E-state index contributed by atoms with van der Waals surface area (Å²) >= 11 is 0. The van der Waals surface area contributed by atoms with Crippen molar-refractivity contribution in [2.45, 2.75) is 60.3 Å². The van der Waals surface area contributed by atoms with E-state index in [0.717, 1.165) is 6.42 Å². The van der Waals surface area contributed by atoms with Crippen molar-refractivity contribution in [2.24, 2.45) is 5.41 Å². The lowest BCUT2D eigenvalue weighted by Gasteiger charge is -2.31. The largest absolute Gasteiger partial charge is 0.348 e. The molecule has 2 nitrogen and oxygen atoms in total. The van der Waals surface area contributed by atoms with Crippen LogP contribution >= 0.6 is 0 Å². The molecule has 0 unspecified atom stereocenters. The van der Waals surface area contributed by atoms with Crippen LogP contribution in [0.25, 0.3) is 0 Å². The lowest BCUT2D eigenvalue weighted by Crippen LogP contribution is -2.25. The average molecular weight is 210 g/mol. The summed E-state index contributed by atoms with van der Waals surface area (Å²) in [7, 11) is 0. The smallest absolute Gasteiger partial charge is 0.0921 e. The van der Waals surface area contributed by atoms with Gasteiger partial charge in [0, 0.05) is 17.3 Å². The number of rotatable bonds is 2. The quantitative estimate of drug-likeness (QED) is 0.780. The highest BCUT2D eigenvalue weighted by molar-refractivity contribution is 5.10. The molecule has 0 spiro atoms. The topological polar surface area (TPSA) is 28.7 Å². The predicted molar refractivity (Wildman–Crippen MR) is 67.0 cm³/mol. The third-order valence-corrected chi connectivity index (χ3v) is 2.20. The molecule has 2 heteroatoms. The minimum absolute atomic E-state index is 0.189. The van der Waals surface area contributed by atoms with E-state index >= 15 is 0 Å². The Labute approximate surface area is 94.5 Å². The molecule has 1 N–H and O–H groups in total. The molecule has 0 aliphatic carbocycles. The number of aromatic nitrogens is 2. The van der Waals surface area contributed by atoms with Gasteiger partial charge in [-0.15, -0.1) is 0 Å². The van der Waals surface area contributed by atoms with Crippen LogP contribution < -0.4 is 0 Å². The molecule has 0 saturated carbocycles. The highest BCUT2D eigenvalue weighted by atomic mass is 14.9. The standard InChI is InChI=1S/C11H20N2.C2H6/c1-10(2,3)7-11(4,5)9-6-12-8-13-9;1-2/h6,8H,7H2,1-5H3,(H,12,13);1-2H3. The van der Waals surface area contributed by atoms with Crippen LogP contribution in [0.4, 0.5) is 0 Å². The first-order valence-electron chi connectivity index (χ1n) is 5.80. The van der Waals surface area contributed by atoms with Gasteiger partial charge in [-0.2, -0.15) is 0 Å². The molecule has 0 radical (unpaired) electrons. The van der Waals surface area contributed by atoms with E-state index < -0.39 is 0 Å². The zero-order valence-electron chi connectivity index (χ0n) is 11.3. The maximum Gasteiger partial charge on any atom is 0.0921 e. The second-order valence-corrected chi connectivity index (χ2v) is 5.59. The van der Waals surface area contributed by atoms with E-state index in [0.29, 0.717) is 5.41 Å². The van der Waals surface area contributed by atoms with Gasteiger partial charge in [0.1, 0.15) is 0 Å². The first-order valence-corrected chi connectivity index (χ1v) is 5.80. The molecule has 0 amide bonds. The van der Waals surface area contributed by atoms with Gasteiger partial charge in [0.15, 0.2) is 0 Å². The molecule has 1 rings (SSSR count). The molecule has 1 aromatic heterocycles. The van der Waals surface area contributed by atoms with Crippen LogP contribution in [0.3, 0.4) is 0 Å². The number of aromatic amines is 1. The maximum absolute atomic E-state index is 4.06. The zero-order chi connectivity index (χ0) is 12.1. The molecule has 0 aliphatic rings. The molecule has 1 heterocycles. The highest BCUT2D eigenvalue weighted by Gasteiger charge is 2.28. The Morgan fingerprint density at radius 2 is 1.67 bits per heavy atom. The van der Waals surface area contributed by atoms with Gasteiger partial charge in [-0.25, -0.2) is 4.98 Å². The molecule has 0 bridgehead atoms. The number of hydrogen-bond donors (Lipinski definition) is 1. The number of H-pyrrole nitrogens is 1. The van der Waals surface area contributed by atoms with Gasteiger partial charge in [0.2, 0.25) is 0 Å². The van der Waals surface area contributed by atoms with Crippen molar-refractivity contribution < 1.29 is 0 Å². The minimum atomic E-state index is 0.189. The molecule has 0 aliphatic heterocycles. The Hall–Kier alpha value is -0.790. The molecule has 0 atom stereocenters. The van der Waals surface area contributed by atoms with Crippen LogP contribution in [0.2, 0.25) is 0 Å². The fraction of sp³-hybridized carbons (Fsp3) is 0.769. The minimum Gasteiger partial charge on any atom is -0.348 e. The summed E-state index contributed by atoms with van der Waals surface area (Å²) in [5.74, 6) is 0. The molecule has 0 saturated heterocycles. The van der Waals surface area contributed by atoms with E-state index in [-0.39, 0.29) is 5.41 Å². The predicted octanol–water partition coefficient (Wildman–Crippen LogP) is 4.15. The van der Waals surface area contributed by atoms with Crippen molar-refractivity contribution in [3.63, 3.8) is 0 Å². The SMILES string of the molecule is CC.CC(C)(C)CC(C)(C)c1cnc[nH]1. The van der Waals surface area contributed by atoms with Crippen molar-refractivity contribution in [1.82, 2.24) is 9.97 Å². The number of imidazole rings is 1. The summed E-state index contributed by atoms with van der Waals surface area (Å²) in [6, 6.07) is 0. The van der Waals surface area contributed by atoms with E-state index in [1.165, 1.54) is 5.69 Å². The highest BCUT2D eigenvalue weighted by Crippen LogP contribution is 2.34. The zero-order valence-corrected chi connectivity index (χ0v) is 11.3. The van der Waals surface area contributed by atoms with Gasteiger partial charge >= 0.3 is 0 Å². The third kappa shape index (κ3) is 5.01. The fourth-order valence-electron chi connectivity index (χ4n) is 2.05. The Morgan fingerprint density at radius 3 is 2.00 bits per heavy atom. The van der Waals surface area contributed by atoms with Gasteiger partial charge in [0.25, 0.3) is 0 Å². The fourth-order valence-corrected chi connectivity index (χ4v) is 2.05. The monoisotopic (exact) mass is 210 g/mol. The molecule has 88 valence electrons. The second-order valence-electron chi connectivity index (χ2n) is 5.59. The molecule has 0 fully saturated rings. The van der Waals surface area contributed by atoms with Crippen molar-refractivity contribution in [3.8, 4) is 0 Å². The van der Waals surface area contributed by atoms with Crippen molar-refractivity contribution in [3.05, 3.63) is 18.2 Å². The van der Waals surface area contributed by atoms with E-state index in [9.17, 15) is 0 Å². The Morgan fingerprint density at radius 1 is 1.13 bits per heavy atom. The molecular weight excluding hydrogens is 184 g/mol. The first kappa shape index (κ1) is 14.2. The van der Waals surface area contributed by atoms with Crippen LogP contribution in [0.1, 0.15) is 60.6 Å². The summed E-state index contributed by atoms with van der Waals surface area (Å²) in [6.45, 7) is 15.3. The summed E-state index contributed by atoms with van der Waals surface area (Å²) in [6.07, 6.45) is 4.83. The van der Waals surface area contributed by atoms with Gasteiger partial charge in [0.05, 0.1) is 6.33 Å². The van der Waals surface area contributed by atoms with Crippen LogP contribution in [-0.4, -0.2) is 9.97 Å². The lowest BCUT2D eigenvalue weighted by atomic mass is 9.75. The normalized spacial score (nSPS) is 11.9. The molecular formula is C13H26N2. The van der Waals surface area contributed by atoms with Crippen molar-refractivity contribution >= 4 is 0 Å². The van der Waals surface area contributed by atoms with Gasteiger partial charge < -0.3 is 4.98 Å². The summed E-state index contributed by atoms with van der Waals surface area (Å²) in [5, 5.41) is 0. The van der Waals surface area contributed by atoms with Crippen molar-refractivity contribution in [1.29, 1.82) is 0 Å². The van der Waals surface area contributed by atoms with Crippen LogP contribution in [0.5, 0.6) is 0 Å². The van der Waals surface area contributed by atoms with Gasteiger partial charge in [-0.05, 0) is 11.8 Å². The Kier molecular flexibility index (Phi) is 5.06. The molecule has 1 aromatic rings. The van der Waals surface area contributed by atoms with Crippen molar-refractivity contribution in [2.75, 3.05) is 0 Å². The average Bonchev–Trinajstić information content (AvgIpc) is 2.55. The van der Waals surface area contributed by atoms with E-state index in [4.69, 9.17) is 0 Å². The Bertz CT molecular complexity index is 253. The van der Waals surface area contributed by atoms with Crippen LogP contribution in [-0.2, 0) is 5.41 Å². The first-order chi connectivity index (χ1) is 6.81. The lowest BCUT2D eigenvalue weighted by molar-refractivity contribution is 0.280. The van der Waals surface area contributed by atoms with Gasteiger partial charge in [-0.3, -0.25) is 0 Å². The summed E-state index contributed by atoms with van der Waals surface area (Å²) in [4.78, 5) is 7.25. The second kappa shape index (κ2) is 5.34. The van der Waals surface area contributed by atoms with E-state index in [2.05, 4.69) is 44.6 Å². The molecule has 15 heavy (non-hydrogen) atoms. The summed E-state index contributed by atoms with van der Waals surface area (Å²) in [5.41, 5.74) is 1.77. The number of hydrogen-bond acceptors (Lipinski definition) is 1. The third-order valence-electron chi connectivity index (χ3n) is 2.20. The van der Waals surface area contributed by atoms with E-state index in [1.807, 2.05) is 20.0 Å². The number of nitrogens with one attached hydrogen (secondary N) is 1. The van der Waals surface area contributed by atoms with E-state index in [1.54, 1.807) is 6.33 Å².